The van der Waals surface area contributed by atoms with Crippen molar-refractivity contribution in [3.63, 3.8) is 0 Å². The number of hydrogen-bond donors (Lipinski definition) is 4. The van der Waals surface area contributed by atoms with E-state index in [2.05, 4.69) is 27.0 Å². The first-order chi connectivity index (χ1) is 26.6. The monoisotopic (exact) mass is 819 g/mol. The van der Waals surface area contributed by atoms with Crippen LogP contribution in [0.2, 0.25) is 0 Å². The van der Waals surface area contributed by atoms with Crippen LogP contribution in [0.4, 0.5) is 40.9 Å². The summed E-state index contributed by atoms with van der Waals surface area (Å²) in [5, 5.41) is 33.7. The summed E-state index contributed by atoms with van der Waals surface area (Å²) in [6.45, 7) is 8.43. The maximum atomic E-state index is 16.9. The molecule has 312 valence electrons. The first-order valence-corrected chi connectivity index (χ1v) is 18.0. The van der Waals surface area contributed by atoms with E-state index in [0.29, 0.717) is 49.2 Å². The van der Waals surface area contributed by atoms with Gasteiger partial charge in [-0.2, -0.15) is 41.4 Å². The Balaban J connectivity index is 0.000000380. The zero-order valence-corrected chi connectivity index (χ0v) is 31.1. The van der Waals surface area contributed by atoms with Gasteiger partial charge in [-0.15, -0.1) is 0 Å². The molecule has 3 saturated heterocycles. The highest BCUT2D eigenvalue weighted by atomic mass is 19.4. The fourth-order valence-electron chi connectivity index (χ4n) is 7.66. The standard InChI is InChI=1S/C32H39F2N7O2.2C2HF3O2/c1-4-7-21-19(2)12-24-22(15-36-39-24)25(21)28-26(34)27-23(14-35-28)29(40-10-5-8-31(3,42)17-40)38-30(37-27)43-18-32-9-6-11-41(32)16-20(33)13-32;2*3-2(4,5)1(6)7/h12,14-15,20,42H,4-11,13,16-18H2,1-3H3,(H,36,39);2*(H,6,7)/t20-,31-,32+;;/m1../s1. The van der Waals surface area contributed by atoms with Gasteiger partial charge in [-0.05, 0) is 69.7 Å². The third kappa shape index (κ3) is 9.62. The van der Waals surface area contributed by atoms with Gasteiger partial charge in [-0.3, -0.25) is 15.0 Å². The number of rotatable bonds is 7. The van der Waals surface area contributed by atoms with E-state index < -0.39 is 47.4 Å². The second-order valence-corrected chi connectivity index (χ2v) is 14.6. The minimum atomic E-state index is -5.08. The molecule has 57 heavy (non-hydrogen) atoms. The van der Waals surface area contributed by atoms with E-state index in [9.17, 15) is 35.8 Å². The van der Waals surface area contributed by atoms with E-state index in [-0.39, 0.29) is 23.8 Å². The number of piperidine rings is 1. The SMILES string of the molecule is CCCc1c(C)cc2[nH]ncc2c1-c1ncc2c(N3CCC[C@@](C)(O)C3)nc(OC[C@@]34CCCN3C[C@H](F)C4)nc2c1F.O=C(O)C(F)(F)F.O=C(O)C(F)(F)F. The molecule has 0 saturated carbocycles. The summed E-state index contributed by atoms with van der Waals surface area (Å²) < 4.78 is 101. The number of fused-ring (bicyclic) bond motifs is 3. The average Bonchev–Trinajstić information content (AvgIpc) is 3.81. The second kappa shape index (κ2) is 16.5. The van der Waals surface area contributed by atoms with Gasteiger partial charge in [-0.25, -0.2) is 18.4 Å². The Hall–Kier alpha value is -4.92. The van der Waals surface area contributed by atoms with Gasteiger partial charge in [-0.1, -0.05) is 13.3 Å². The Morgan fingerprint density at radius 3 is 2.28 bits per heavy atom. The van der Waals surface area contributed by atoms with Crippen LogP contribution >= 0.6 is 0 Å². The number of aryl methyl sites for hydroxylation is 1. The van der Waals surface area contributed by atoms with Crippen LogP contribution in [0.1, 0.15) is 63.5 Å². The van der Waals surface area contributed by atoms with Crippen molar-refractivity contribution >= 4 is 39.6 Å². The molecule has 13 nitrogen and oxygen atoms in total. The molecule has 3 aliphatic heterocycles. The van der Waals surface area contributed by atoms with Gasteiger partial charge in [0.1, 0.15) is 29.8 Å². The molecule has 3 atom stereocenters. The molecule has 1 aromatic carbocycles. The molecular weight excluding hydrogens is 778 g/mol. The number of aromatic nitrogens is 5. The van der Waals surface area contributed by atoms with Crippen molar-refractivity contribution in [3.05, 3.63) is 35.4 Å². The Labute approximate surface area is 320 Å². The number of pyridine rings is 1. The van der Waals surface area contributed by atoms with E-state index in [1.165, 1.54) is 0 Å². The molecule has 21 heteroatoms. The number of aromatic amines is 1. The predicted molar refractivity (Wildman–Crippen MR) is 189 cm³/mol. The minimum absolute atomic E-state index is 0.0544. The molecule has 6 heterocycles. The Morgan fingerprint density at radius 2 is 1.67 bits per heavy atom. The highest BCUT2D eigenvalue weighted by molar-refractivity contribution is 5.99. The topological polar surface area (TPSA) is 178 Å². The number of β-amino-alcohol motifs (C(OH)–C–C–N with tert-alkyl or cyclic N) is 1. The maximum Gasteiger partial charge on any atom is 0.490 e. The molecule has 0 unspecified atom stereocenters. The summed E-state index contributed by atoms with van der Waals surface area (Å²) >= 11 is 0. The van der Waals surface area contributed by atoms with E-state index >= 15 is 4.39 Å². The van der Waals surface area contributed by atoms with E-state index in [0.717, 1.165) is 60.7 Å². The van der Waals surface area contributed by atoms with Crippen molar-refractivity contribution in [2.24, 2.45) is 0 Å². The number of H-pyrrole nitrogens is 1. The van der Waals surface area contributed by atoms with Gasteiger partial charge in [0, 0.05) is 43.2 Å². The van der Waals surface area contributed by atoms with Crippen molar-refractivity contribution in [1.29, 1.82) is 0 Å². The number of carboxylic acids is 2. The number of carboxylic acid groups (broad SMARTS) is 2. The first-order valence-electron chi connectivity index (χ1n) is 18.0. The van der Waals surface area contributed by atoms with Crippen molar-refractivity contribution in [2.45, 2.75) is 95.4 Å². The number of carbonyl (C=O) groups is 2. The lowest BCUT2D eigenvalue weighted by Gasteiger charge is -2.38. The van der Waals surface area contributed by atoms with Crippen LogP contribution in [0.15, 0.2) is 18.5 Å². The summed E-state index contributed by atoms with van der Waals surface area (Å²) in [5.74, 6) is -5.58. The van der Waals surface area contributed by atoms with Crippen molar-refractivity contribution in [1.82, 2.24) is 30.0 Å². The Kier molecular flexibility index (Phi) is 12.5. The third-order valence-corrected chi connectivity index (χ3v) is 10.1. The van der Waals surface area contributed by atoms with Gasteiger partial charge in [0.2, 0.25) is 0 Å². The highest BCUT2D eigenvalue weighted by Gasteiger charge is 2.49. The van der Waals surface area contributed by atoms with Crippen LogP contribution < -0.4 is 9.64 Å². The number of ether oxygens (including phenoxy) is 1. The summed E-state index contributed by atoms with van der Waals surface area (Å²) in [7, 11) is 0. The lowest BCUT2D eigenvalue weighted by molar-refractivity contribution is -0.193. The fourth-order valence-corrected chi connectivity index (χ4v) is 7.66. The number of nitrogens with zero attached hydrogens (tertiary/aromatic N) is 6. The van der Waals surface area contributed by atoms with Crippen LogP contribution in [0, 0.1) is 12.7 Å². The molecule has 3 aromatic heterocycles. The zero-order chi connectivity index (χ0) is 42.1. The number of alkyl halides is 7. The lowest BCUT2D eigenvalue weighted by Crippen LogP contribution is -2.46. The summed E-state index contributed by atoms with van der Waals surface area (Å²) in [6.07, 6.45) is -2.34. The molecule has 0 aliphatic carbocycles. The van der Waals surface area contributed by atoms with E-state index in [1.807, 2.05) is 17.9 Å². The van der Waals surface area contributed by atoms with E-state index in [4.69, 9.17) is 34.5 Å². The smallest absolute Gasteiger partial charge is 0.475 e. The summed E-state index contributed by atoms with van der Waals surface area (Å²) in [6, 6.07) is 2.10. The van der Waals surface area contributed by atoms with E-state index in [1.54, 1.807) is 19.3 Å². The number of halogens is 8. The first kappa shape index (κ1) is 43.2. The number of anilines is 1. The minimum Gasteiger partial charge on any atom is -0.475 e. The van der Waals surface area contributed by atoms with Crippen molar-refractivity contribution in [3.8, 4) is 17.3 Å². The second-order valence-electron chi connectivity index (χ2n) is 14.6. The zero-order valence-electron chi connectivity index (χ0n) is 31.1. The molecule has 3 fully saturated rings. The Morgan fingerprint density at radius 1 is 1.02 bits per heavy atom. The molecule has 0 spiro atoms. The molecule has 0 bridgehead atoms. The van der Waals surface area contributed by atoms with Gasteiger partial charge >= 0.3 is 30.3 Å². The van der Waals surface area contributed by atoms with Gasteiger partial charge in [0.05, 0.1) is 28.2 Å². The van der Waals surface area contributed by atoms with Gasteiger partial charge < -0.3 is 25.0 Å². The van der Waals surface area contributed by atoms with Gasteiger partial charge in [0.25, 0.3) is 0 Å². The molecular formula is C36H41F8N7O6. The number of nitrogens with one attached hydrogen (secondary N) is 1. The third-order valence-electron chi connectivity index (χ3n) is 10.1. The van der Waals surface area contributed by atoms with Crippen molar-refractivity contribution in [2.75, 3.05) is 37.7 Å². The summed E-state index contributed by atoms with van der Waals surface area (Å²) in [4.78, 5) is 36.0. The predicted octanol–water partition coefficient (Wildman–Crippen LogP) is 6.54. The fraction of sp³-hybridized carbons (Fsp3) is 0.556. The summed E-state index contributed by atoms with van der Waals surface area (Å²) in [5.41, 5.74) is 2.64. The van der Waals surface area contributed by atoms with Crippen LogP contribution in [-0.2, 0) is 16.0 Å². The average molecular weight is 820 g/mol. The van der Waals surface area contributed by atoms with Crippen LogP contribution in [0.5, 0.6) is 6.01 Å². The van der Waals surface area contributed by atoms with Crippen LogP contribution in [-0.4, -0.2) is 120 Å². The number of aliphatic hydroxyl groups is 1. The van der Waals surface area contributed by atoms with Gasteiger partial charge in [0.15, 0.2) is 5.82 Å². The number of aliphatic carboxylic acids is 2. The Bertz CT molecular complexity index is 2090. The van der Waals surface area contributed by atoms with Crippen LogP contribution in [0.3, 0.4) is 0 Å². The van der Waals surface area contributed by atoms with Crippen LogP contribution in [0.25, 0.3) is 33.1 Å². The normalized spacial score (nSPS) is 22.5. The molecule has 4 aromatic rings. The number of benzene rings is 1. The van der Waals surface area contributed by atoms with Crippen molar-refractivity contribution < 1.29 is 64.8 Å². The number of hydrogen-bond acceptors (Lipinski definition) is 10. The molecule has 0 amide bonds. The largest absolute Gasteiger partial charge is 0.490 e. The highest BCUT2D eigenvalue weighted by Crippen LogP contribution is 2.42. The molecule has 4 N–H and O–H groups in total. The quantitative estimate of drug-likeness (QED) is 0.148. The molecule has 0 radical (unpaired) electrons. The molecule has 7 rings (SSSR count). The molecule has 3 aliphatic rings. The maximum absolute atomic E-state index is 16.9. The lowest BCUT2D eigenvalue weighted by atomic mass is 9.92.